The van der Waals surface area contributed by atoms with Gasteiger partial charge < -0.3 is 0 Å². The number of hydrogen-bond donors (Lipinski definition) is 0. The average molecular weight is 278 g/mol. The van der Waals surface area contributed by atoms with Crippen LogP contribution in [0, 0.1) is 0 Å². The van der Waals surface area contributed by atoms with E-state index in [0.717, 1.165) is 17.7 Å². The molecule has 0 aliphatic rings. The van der Waals surface area contributed by atoms with Gasteiger partial charge in [0, 0.05) is 12.0 Å². The quantitative estimate of drug-likeness (QED) is 0.751. The van der Waals surface area contributed by atoms with Gasteiger partial charge in [0.2, 0.25) is 0 Å². The number of benzene rings is 2. The molecule has 0 radical (unpaired) electrons. The Bertz CT molecular complexity index is 571. The van der Waals surface area contributed by atoms with Gasteiger partial charge in [0.05, 0.1) is 5.56 Å². The first-order valence-corrected chi connectivity index (χ1v) is 6.21. The minimum Gasteiger partial charge on any atom is -0.294 e. The van der Waals surface area contributed by atoms with E-state index >= 15 is 0 Å². The average Bonchev–Trinajstić information content (AvgIpc) is 2.45. The maximum atomic E-state index is 12.4. The van der Waals surface area contributed by atoms with Crippen LogP contribution in [0.15, 0.2) is 54.6 Å². The number of rotatable bonds is 4. The van der Waals surface area contributed by atoms with E-state index in [1.54, 1.807) is 24.3 Å². The zero-order chi connectivity index (χ0) is 14.6. The highest BCUT2D eigenvalue weighted by Crippen LogP contribution is 2.29. The molecule has 0 spiro atoms. The Morgan fingerprint density at radius 3 is 2.05 bits per heavy atom. The number of alkyl halides is 3. The number of hydrogen-bond acceptors (Lipinski definition) is 1. The van der Waals surface area contributed by atoms with Gasteiger partial charge in [-0.15, -0.1) is 0 Å². The van der Waals surface area contributed by atoms with Crippen LogP contribution >= 0.6 is 0 Å². The summed E-state index contributed by atoms with van der Waals surface area (Å²) in [5, 5.41) is 0. The summed E-state index contributed by atoms with van der Waals surface area (Å²) in [4.78, 5) is 11.9. The molecule has 0 atom stereocenters. The molecular formula is C16H13F3O. The van der Waals surface area contributed by atoms with E-state index in [1.807, 2.05) is 6.07 Å². The van der Waals surface area contributed by atoms with Crippen LogP contribution in [0.4, 0.5) is 13.2 Å². The second-order valence-electron chi connectivity index (χ2n) is 4.48. The SMILES string of the molecule is O=C(CCc1ccc(C(F)(F)F)cc1)c1ccccc1. The van der Waals surface area contributed by atoms with Gasteiger partial charge in [0.1, 0.15) is 0 Å². The summed E-state index contributed by atoms with van der Waals surface area (Å²) >= 11 is 0. The lowest BCUT2D eigenvalue weighted by Gasteiger charge is -2.07. The van der Waals surface area contributed by atoms with Gasteiger partial charge >= 0.3 is 6.18 Å². The van der Waals surface area contributed by atoms with Gasteiger partial charge in [-0.05, 0) is 24.1 Å². The molecule has 4 heteroatoms. The van der Waals surface area contributed by atoms with Crippen molar-refractivity contribution in [2.24, 2.45) is 0 Å². The summed E-state index contributed by atoms with van der Waals surface area (Å²) in [7, 11) is 0. The van der Waals surface area contributed by atoms with Gasteiger partial charge in [-0.1, -0.05) is 42.5 Å². The second-order valence-corrected chi connectivity index (χ2v) is 4.48. The van der Waals surface area contributed by atoms with Crippen LogP contribution in [0.1, 0.15) is 27.9 Å². The van der Waals surface area contributed by atoms with Gasteiger partial charge in [-0.2, -0.15) is 13.2 Å². The molecule has 20 heavy (non-hydrogen) atoms. The van der Waals surface area contributed by atoms with Crippen molar-refractivity contribution in [2.45, 2.75) is 19.0 Å². The van der Waals surface area contributed by atoms with Crippen molar-refractivity contribution in [3.05, 3.63) is 71.3 Å². The van der Waals surface area contributed by atoms with Gasteiger partial charge in [-0.25, -0.2) is 0 Å². The third-order valence-electron chi connectivity index (χ3n) is 3.02. The lowest BCUT2D eigenvalue weighted by molar-refractivity contribution is -0.137. The number of aryl methyl sites for hydroxylation is 1. The van der Waals surface area contributed by atoms with E-state index in [9.17, 15) is 18.0 Å². The highest BCUT2D eigenvalue weighted by molar-refractivity contribution is 5.96. The smallest absolute Gasteiger partial charge is 0.294 e. The lowest BCUT2D eigenvalue weighted by atomic mass is 10.0. The molecule has 0 fully saturated rings. The van der Waals surface area contributed by atoms with Crippen molar-refractivity contribution >= 4 is 5.78 Å². The molecule has 0 saturated carbocycles. The first-order valence-electron chi connectivity index (χ1n) is 6.21. The standard InChI is InChI=1S/C16H13F3O/c17-16(18,19)14-9-6-12(7-10-14)8-11-15(20)13-4-2-1-3-5-13/h1-7,9-10H,8,11H2. The molecule has 0 aliphatic heterocycles. The summed E-state index contributed by atoms with van der Waals surface area (Å²) in [5.41, 5.74) is 0.678. The normalized spacial score (nSPS) is 11.3. The largest absolute Gasteiger partial charge is 0.416 e. The first-order chi connectivity index (χ1) is 9.47. The fourth-order valence-electron chi connectivity index (χ4n) is 1.89. The Labute approximate surface area is 115 Å². The summed E-state index contributed by atoms with van der Waals surface area (Å²) < 4.78 is 37.2. The zero-order valence-electron chi connectivity index (χ0n) is 10.7. The van der Waals surface area contributed by atoms with E-state index < -0.39 is 11.7 Å². The predicted molar refractivity (Wildman–Crippen MR) is 70.5 cm³/mol. The maximum absolute atomic E-state index is 12.4. The van der Waals surface area contributed by atoms with Crippen LogP contribution in [-0.4, -0.2) is 5.78 Å². The van der Waals surface area contributed by atoms with Crippen LogP contribution in [0.3, 0.4) is 0 Å². The highest BCUT2D eigenvalue weighted by atomic mass is 19.4. The van der Waals surface area contributed by atoms with E-state index in [1.165, 1.54) is 12.1 Å². The van der Waals surface area contributed by atoms with E-state index in [2.05, 4.69) is 0 Å². The molecule has 0 heterocycles. The van der Waals surface area contributed by atoms with Crippen LogP contribution in [0.2, 0.25) is 0 Å². The molecule has 2 aromatic carbocycles. The van der Waals surface area contributed by atoms with Crippen LogP contribution in [0.25, 0.3) is 0 Å². The Morgan fingerprint density at radius 1 is 0.900 bits per heavy atom. The molecule has 0 aliphatic carbocycles. The number of carbonyl (C=O) groups is 1. The van der Waals surface area contributed by atoms with E-state index in [0.29, 0.717) is 12.0 Å². The third kappa shape index (κ3) is 3.70. The molecule has 0 aromatic heterocycles. The summed E-state index contributed by atoms with van der Waals surface area (Å²) in [6.07, 6.45) is -3.60. The lowest BCUT2D eigenvalue weighted by Crippen LogP contribution is -2.05. The van der Waals surface area contributed by atoms with Crippen LogP contribution in [-0.2, 0) is 12.6 Å². The molecule has 2 rings (SSSR count). The molecular weight excluding hydrogens is 265 g/mol. The zero-order valence-corrected chi connectivity index (χ0v) is 10.7. The minimum atomic E-state index is -4.32. The Morgan fingerprint density at radius 2 is 1.50 bits per heavy atom. The Balaban J connectivity index is 1.96. The molecule has 2 aromatic rings. The fourth-order valence-corrected chi connectivity index (χ4v) is 1.89. The van der Waals surface area contributed by atoms with Crippen molar-refractivity contribution in [1.29, 1.82) is 0 Å². The van der Waals surface area contributed by atoms with Crippen molar-refractivity contribution in [1.82, 2.24) is 0 Å². The molecule has 1 nitrogen and oxygen atoms in total. The number of Topliss-reactive ketones (excluding diaryl/α,β-unsaturated/α-hetero) is 1. The molecule has 0 bridgehead atoms. The summed E-state index contributed by atoms with van der Waals surface area (Å²) in [6, 6.07) is 13.8. The number of halogens is 3. The minimum absolute atomic E-state index is 0.00880. The van der Waals surface area contributed by atoms with Crippen molar-refractivity contribution in [3.63, 3.8) is 0 Å². The van der Waals surface area contributed by atoms with Crippen molar-refractivity contribution in [3.8, 4) is 0 Å². The molecule has 104 valence electrons. The van der Waals surface area contributed by atoms with Crippen molar-refractivity contribution < 1.29 is 18.0 Å². The fraction of sp³-hybridized carbons (Fsp3) is 0.188. The number of carbonyl (C=O) groups excluding carboxylic acids is 1. The third-order valence-corrected chi connectivity index (χ3v) is 3.02. The predicted octanol–water partition coefficient (Wildman–Crippen LogP) is 4.52. The second kappa shape index (κ2) is 5.90. The monoisotopic (exact) mass is 278 g/mol. The van der Waals surface area contributed by atoms with Crippen molar-refractivity contribution in [2.75, 3.05) is 0 Å². The van der Waals surface area contributed by atoms with Crippen LogP contribution in [0.5, 0.6) is 0 Å². The molecule has 0 saturated heterocycles. The topological polar surface area (TPSA) is 17.1 Å². The molecule has 0 N–H and O–H groups in total. The number of ketones is 1. The summed E-state index contributed by atoms with van der Waals surface area (Å²) in [5.74, 6) is -0.00880. The summed E-state index contributed by atoms with van der Waals surface area (Å²) in [6.45, 7) is 0. The van der Waals surface area contributed by atoms with Gasteiger partial charge in [0.15, 0.2) is 5.78 Å². The van der Waals surface area contributed by atoms with E-state index in [4.69, 9.17) is 0 Å². The Kier molecular flexibility index (Phi) is 4.23. The van der Waals surface area contributed by atoms with E-state index in [-0.39, 0.29) is 12.2 Å². The van der Waals surface area contributed by atoms with Gasteiger partial charge in [-0.3, -0.25) is 4.79 Å². The van der Waals surface area contributed by atoms with Gasteiger partial charge in [0.25, 0.3) is 0 Å². The highest BCUT2D eigenvalue weighted by Gasteiger charge is 2.29. The van der Waals surface area contributed by atoms with Crippen LogP contribution < -0.4 is 0 Å². The maximum Gasteiger partial charge on any atom is 0.416 e. The Hall–Kier alpha value is -2.10. The molecule has 0 amide bonds. The molecule has 0 unspecified atom stereocenters. The first kappa shape index (κ1) is 14.3.